The maximum Gasteiger partial charge on any atom is 0.240 e. The maximum atomic E-state index is 11.9. The number of hydrogen-bond acceptors (Lipinski definition) is 3. The highest BCUT2D eigenvalue weighted by Crippen LogP contribution is 2.14. The molecular weight excluding hydrogens is 180 g/mol. The predicted octanol–water partition coefficient (Wildman–Crippen LogP) is -0.0323. The first-order chi connectivity index (χ1) is 6.70. The van der Waals surface area contributed by atoms with Crippen LogP contribution in [0.5, 0.6) is 0 Å². The Kier molecular flexibility index (Phi) is 4.35. The van der Waals surface area contributed by atoms with Crippen LogP contribution in [0.4, 0.5) is 0 Å². The summed E-state index contributed by atoms with van der Waals surface area (Å²) in [6.45, 7) is 5.53. The third-order valence-electron chi connectivity index (χ3n) is 2.72. The number of piperidine rings is 1. The van der Waals surface area contributed by atoms with Crippen molar-refractivity contribution >= 4 is 5.91 Å². The van der Waals surface area contributed by atoms with Gasteiger partial charge in [-0.3, -0.25) is 4.79 Å². The molecule has 1 amide bonds. The lowest BCUT2D eigenvalue weighted by atomic mass is 10.0. The van der Waals surface area contributed by atoms with E-state index in [1.165, 1.54) is 0 Å². The molecule has 2 atom stereocenters. The number of likely N-dealkylation sites (N-methyl/N-ethyl adjacent to an activating group) is 1. The molecule has 0 aromatic rings. The number of likely N-dealkylation sites (tertiary alicyclic amines) is 1. The highest BCUT2D eigenvalue weighted by molar-refractivity contribution is 5.82. The van der Waals surface area contributed by atoms with Gasteiger partial charge in [0.25, 0.3) is 0 Å². The van der Waals surface area contributed by atoms with Crippen LogP contribution in [0.25, 0.3) is 0 Å². The molecule has 1 aliphatic heterocycles. The van der Waals surface area contributed by atoms with Gasteiger partial charge in [-0.15, -0.1) is 0 Å². The van der Waals surface area contributed by atoms with Gasteiger partial charge in [0.05, 0.1) is 18.7 Å². The maximum absolute atomic E-state index is 11.9. The summed E-state index contributed by atoms with van der Waals surface area (Å²) in [5.41, 5.74) is 0. The van der Waals surface area contributed by atoms with Crippen LogP contribution in [0.2, 0.25) is 0 Å². The Morgan fingerprint density at radius 2 is 2.43 bits per heavy atom. The van der Waals surface area contributed by atoms with Gasteiger partial charge >= 0.3 is 0 Å². The van der Waals surface area contributed by atoms with Crippen LogP contribution in [0, 0.1) is 0 Å². The molecule has 1 rings (SSSR count). The SMILES string of the molecule is CCNC1CCCN(C(C)CO)C1=O. The molecule has 0 spiro atoms. The molecule has 1 fully saturated rings. The first-order valence-electron chi connectivity index (χ1n) is 5.35. The molecule has 1 aliphatic rings. The zero-order valence-corrected chi connectivity index (χ0v) is 8.99. The molecule has 14 heavy (non-hydrogen) atoms. The van der Waals surface area contributed by atoms with E-state index in [4.69, 9.17) is 5.11 Å². The molecule has 1 heterocycles. The summed E-state index contributed by atoms with van der Waals surface area (Å²) in [6, 6.07) is -0.0910. The van der Waals surface area contributed by atoms with Crippen LogP contribution in [0.15, 0.2) is 0 Å². The number of carbonyl (C=O) groups is 1. The van der Waals surface area contributed by atoms with Crippen molar-refractivity contribution in [1.29, 1.82) is 0 Å². The lowest BCUT2D eigenvalue weighted by Crippen LogP contribution is -2.54. The molecule has 0 radical (unpaired) electrons. The first kappa shape index (κ1) is 11.5. The molecule has 0 aromatic heterocycles. The normalized spacial score (nSPS) is 25.2. The Morgan fingerprint density at radius 3 is 3.00 bits per heavy atom. The smallest absolute Gasteiger partial charge is 0.240 e. The van der Waals surface area contributed by atoms with Gasteiger partial charge in [0.15, 0.2) is 0 Å². The second kappa shape index (κ2) is 5.32. The van der Waals surface area contributed by atoms with Crippen molar-refractivity contribution in [1.82, 2.24) is 10.2 Å². The Bertz CT molecular complexity index is 195. The standard InChI is InChI=1S/C10H20N2O2/c1-3-11-9-5-4-6-12(10(9)14)8(2)7-13/h8-9,11,13H,3-7H2,1-2H3. The number of carbonyl (C=O) groups excluding carboxylic acids is 1. The van der Waals surface area contributed by atoms with E-state index in [0.29, 0.717) is 0 Å². The number of aliphatic hydroxyl groups excluding tert-OH is 1. The van der Waals surface area contributed by atoms with Gasteiger partial charge in [0, 0.05) is 6.54 Å². The van der Waals surface area contributed by atoms with Crippen molar-refractivity contribution < 1.29 is 9.90 Å². The lowest BCUT2D eigenvalue weighted by Gasteiger charge is -2.36. The number of aliphatic hydroxyl groups is 1. The van der Waals surface area contributed by atoms with E-state index in [9.17, 15) is 4.79 Å². The van der Waals surface area contributed by atoms with E-state index in [1.54, 1.807) is 4.90 Å². The van der Waals surface area contributed by atoms with Crippen LogP contribution in [-0.2, 0) is 4.79 Å². The van der Waals surface area contributed by atoms with E-state index < -0.39 is 0 Å². The Labute approximate surface area is 85.3 Å². The van der Waals surface area contributed by atoms with Crippen molar-refractivity contribution in [2.75, 3.05) is 19.7 Å². The lowest BCUT2D eigenvalue weighted by molar-refractivity contribution is -0.139. The third kappa shape index (κ3) is 2.45. The third-order valence-corrected chi connectivity index (χ3v) is 2.72. The van der Waals surface area contributed by atoms with Crippen molar-refractivity contribution in [2.24, 2.45) is 0 Å². The van der Waals surface area contributed by atoms with Gasteiger partial charge in [-0.05, 0) is 26.3 Å². The van der Waals surface area contributed by atoms with Crippen LogP contribution in [0.1, 0.15) is 26.7 Å². The Balaban J connectivity index is 2.56. The molecule has 82 valence electrons. The largest absolute Gasteiger partial charge is 0.394 e. The number of nitrogens with one attached hydrogen (secondary N) is 1. The summed E-state index contributed by atoms with van der Waals surface area (Å²) in [4.78, 5) is 13.6. The predicted molar refractivity (Wildman–Crippen MR) is 55.0 cm³/mol. The van der Waals surface area contributed by atoms with E-state index in [2.05, 4.69) is 5.32 Å². The van der Waals surface area contributed by atoms with Crippen LogP contribution in [-0.4, -0.2) is 47.7 Å². The molecule has 4 heteroatoms. The zero-order valence-electron chi connectivity index (χ0n) is 8.99. The fourth-order valence-electron chi connectivity index (χ4n) is 1.87. The summed E-state index contributed by atoms with van der Waals surface area (Å²) in [7, 11) is 0. The Hall–Kier alpha value is -0.610. The average molecular weight is 200 g/mol. The summed E-state index contributed by atoms with van der Waals surface area (Å²) >= 11 is 0. The molecule has 0 aliphatic carbocycles. The minimum absolute atomic E-state index is 0.0391. The summed E-state index contributed by atoms with van der Waals surface area (Å²) < 4.78 is 0. The van der Waals surface area contributed by atoms with Gasteiger partial charge in [-0.25, -0.2) is 0 Å². The van der Waals surface area contributed by atoms with E-state index in [-0.39, 0.29) is 24.6 Å². The Morgan fingerprint density at radius 1 is 1.71 bits per heavy atom. The van der Waals surface area contributed by atoms with Crippen molar-refractivity contribution in [3.63, 3.8) is 0 Å². The number of hydrogen-bond donors (Lipinski definition) is 2. The summed E-state index contributed by atoms with van der Waals surface area (Å²) in [6.07, 6.45) is 1.94. The van der Waals surface area contributed by atoms with Gasteiger partial charge in [-0.1, -0.05) is 6.92 Å². The topological polar surface area (TPSA) is 52.6 Å². The minimum Gasteiger partial charge on any atom is -0.394 e. The second-order valence-corrected chi connectivity index (χ2v) is 3.82. The second-order valence-electron chi connectivity index (χ2n) is 3.82. The molecule has 4 nitrogen and oxygen atoms in total. The molecule has 1 saturated heterocycles. The quantitative estimate of drug-likeness (QED) is 0.670. The van der Waals surface area contributed by atoms with Gasteiger partial charge in [0.2, 0.25) is 5.91 Å². The van der Waals surface area contributed by atoms with E-state index >= 15 is 0 Å². The zero-order chi connectivity index (χ0) is 10.6. The van der Waals surface area contributed by atoms with Crippen molar-refractivity contribution in [2.45, 2.75) is 38.8 Å². The van der Waals surface area contributed by atoms with Gasteiger partial charge in [-0.2, -0.15) is 0 Å². The fraction of sp³-hybridized carbons (Fsp3) is 0.900. The molecule has 2 unspecified atom stereocenters. The van der Waals surface area contributed by atoms with Crippen molar-refractivity contribution in [3.05, 3.63) is 0 Å². The number of amides is 1. The number of nitrogens with zero attached hydrogens (tertiary/aromatic N) is 1. The van der Waals surface area contributed by atoms with Gasteiger partial charge in [0.1, 0.15) is 0 Å². The molecular formula is C10H20N2O2. The first-order valence-corrected chi connectivity index (χ1v) is 5.35. The minimum atomic E-state index is -0.0519. The van der Waals surface area contributed by atoms with Crippen LogP contribution in [0.3, 0.4) is 0 Å². The molecule has 0 aromatic carbocycles. The molecule has 0 bridgehead atoms. The average Bonchev–Trinajstić information content (AvgIpc) is 2.20. The van der Waals surface area contributed by atoms with Crippen molar-refractivity contribution in [3.8, 4) is 0 Å². The molecule has 2 N–H and O–H groups in total. The van der Waals surface area contributed by atoms with Crippen LogP contribution < -0.4 is 5.32 Å². The van der Waals surface area contributed by atoms with Crippen LogP contribution >= 0.6 is 0 Å². The van der Waals surface area contributed by atoms with E-state index in [0.717, 1.165) is 25.9 Å². The highest BCUT2D eigenvalue weighted by Gasteiger charge is 2.30. The van der Waals surface area contributed by atoms with Gasteiger partial charge < -0.3 is 15.3 Å². The highest BCUT2D eigenvalue weighted by atomic mass is 16.3. The summed E-state index contributed by atoms with van der Waals surface area (Å²) in [5.74, 6) is 0.139. The van der Waals surface area contributed by atoms with E-state index in [1.807, 2.05) is 13.8 Å². The fourth-order valence-corrected chi connectivity index (χ4v) is 1.87. The summed E-state index contributed by atoms with van der Waals surface area (Å²) in [5, 5.41) is 12.2. The number of rotatable bonds is 4. The molecule has 0 saturated carbocycles. The monoisotopic (exact) mass is 200 g/mol.